The summed E-state index contributed by atoms with van der Waals surface area (Å²) in [4.78, 5) is 12.2. The summed E-state index contributed by atoms with van der Waals surface area (Å²) in [7, 11) is 0. The molecule has 28 heavy (non-hydrogen) atoms. The highest BCUT2D eigenvalue weighted by Gasteiger charge is 2.49. The number of hydrazine groups is 1. The van der Waals surface area contributed by atoms with E-state index in [1.807, 2.05) is 31.2 Å². The highest BCUT2D eigenvalue weighted by atomic mass is 16.5. The van der Waals surface area contributed by atoms with Crippen LogP contribution < -0.4 is 20.9 Å². The van der Waals surface area contributed by atoms with Gasteiger partial charge in [0.25, 0.3) is 0 Å². The topological polar surface area (TPSA) is 82.6 Å². The van der Waals surface area contributed by atoms with Crippen LogP contribution in [0.1, 0.15) is 42.1 Å². The van der Waals surface area contributed by atoms with Gasteiger partial charge in [-0.15, -0.1) is 0 Å². The first-order chi connectivity index (χ1) is 13.6. The molecule has 0 aromatic heterocycles. The van der Waals surface area contributed by atoms with Crippen LogP contribution in [0.3, 0.4) is 0 Å². The van der Waals surface area contributed by atoms with Crippen LogP contribution in [0.5, 0.6) is 5.75 Å². The number of benzene rings is 2. The van der Waals surface area contributed by atoms with Gasteiger partial charge in [0.05, 0.1) is 24.7 Å². The van der Waals surface area contributed by atoms with Crippen LogP contribution in [-0.2, 0) is 4.79 Å². The number of piperidine rings is 1. The molecule has 2 aliphatic rings. The fraction of sp³-hybridized carbons (Fsp3) is 0.409. The molecule has 6 nitrogen and oxygen atoms in total. The van der Waals surface area contributed by atoms with Gasteiger partial charge >= 0.3 is 5.97 Å². The van der Waals surface area contributed by atoms with Crippen molar-refractivity contribution in [2.75, 3.05) is 6.61 Å². The molecule has 2 aliphatic heterocycles. The van der Waals surface area contributed by atoms with Gasteiger partial charge in [0.15, 0.2) is 0 Å². The van der Waals surface area contributed by atoms with E-state index in [9.17, 15) is 9.90 Å². The number of hydrogen-bond acceptors (Lipinski definition) is 5. The van der Waals surface area contributed by atoms with Crippen LogP contribution >= 0.6 is 0 Å². The van der Waals surface area contributed by atoms with E-state index in [2.05, 4.69) is 47.4 Å². The third-order valence-electron chi connectivity index (χ3n) is 5.85. The quantitative estimate of drug-likeness (QED) is 0.638. The van der Waals surface area contributed by atoms with Gasteiger partial charge < -0.3 is 9.84 Å². The highest BCUT2D eigenvalue weighted by molar-refractivity contribution is 5.71. The number of rotatable bonds is 5. The van der Waals surface area contributed by atoms with Crippen molar-refractivity contribution in [1.29, 1.82) is 0 Å². The minimum atomic E-state index is -0.752. The molecule has 5 unspecified atom stereocenters. The number of ether oxygens (including phenoxy) is 1. The van der Waals surface area contributed by atoms with Crippen molar-refractivity contribution in [2.45, 2.75) is 38.5 Å². The molecule has 0 radical (unpaired) electrons. The Morgan fingerprint density at radius 2 is 1.89 bits per heavy atom. The Kier molecular flexibility index (Phi) is 5.35. The van der Waals surface area contributed by atoms with E-state index in [1.54, 1.807) is 0 Å². The maximum absolute atomic E-state index is 12.2. The van der Waals surface area contributed by atoms with Gasteiger partial charge in [-0.25, -0.2) is 10.9 Å². The highest BCUT2D eigenvalue weighted by Crippen LogP contribution is 2.43. The molecule has 2 fully saturated rings. The van der Waals surface area contributed by atoms with E-state index in [-0.39, 0.29) is 24.2 Å². The molecule has 0 amide bonds. The second-order valence-corrected chi connectivity index (χ2v) is 7.60. The van der Waals surface area contributed by atoms with Crippen molar-refractivity contribution >= 4 is 5.97 Å². The molecule has 4 N–H and O–H groups in total. The van der Waals surface area contributed by atoms with Crippen molar-refractivity contribution < 1.29 is 14.6 Å². The lowest BCUT2D eigenvalue weighted by molar-refractivity contribution is -0.146. The van der Waals surface area contributed by atoms with E-state index < -0.39 is 11.9 Å². The number of carboxylic acid groups (broad SMARTS) is 1. The predicted octanol–water partition coefficient (Wildman–Crippen LogP) is 2.92. The first-order valence-electron chi connectivity index (χ1n) is 9.86. The maximum Gasteiger partial charge on any atom is 0.307 e. The monoisotopic (exact) mass is 381 g/mol. The van der Waals surface area contributed by atoms with Crippen LogP contribution in [0.25, 0.3) is 0 Å². The smallest absolute Gasteiger partial charge is 0.307 e. The van der Waals surface area contributed by atoms with Crippen molar-refractivity contribution in [2.24, 2.45) is 11.8 Å². The number of hydrogen-bond donors (Lipinski definition) is 4. The van der Waals surface area contributed by atoms with Crippen molar-refractivity contribution in [1.82, 2.24) is 16.2 Å². The first kappa shape index (κ1) is 18.9. The standard InChI is InChI=1S/C22H27N3O3/c1-3-28-18-7-5-4-6-15(18)17-12-16(22(26)27)19-20(24-25-21(19)23-17)14-10-8-13(2)9-11-14/h4-11,16-17,19-21,23-25H,3,12H2,1-2H3,(H,26,27). The summed E-state index contributed by atoms with van der Waals surface area (Å²) >= 11 is 0. The summed E-state index contributed by atoms with van der Waals surface area (Å²) in [6.45, 7) is 4.58. The molecule has 4 rings (SSSR count). The van der Waals surface area contributed by atoms with E-state index >= 15 is 0 Å². The molecule has 6 heteroatoms. The zero-order valence-electron chi connectivity index (χ0n) is 16.2. The lowest BCUT2D eigenvalue weighted by Crippen LogP contribution is -2.53. The van der Waals surface area contributed by atoms with Gasteiger partial charge in [0.2, 0.25) is 0 Å². The summed E-state index contributed by atoms with van der Waals surface area (Å²) in [5.74, 6) is -0.500. The number of aliphatic carboxylic acids is 1. The summed E-state index contributed by atoms with van der Waals surface area (Å²) in [6, 6.07) is 16.0. The average Bonchev–Trinajstić information content (AvgIpc) is 3.12. The molecular weight excluding hydrogens is 354 g/mol. The molecule has 2 saturated heterocycles. The Morgan fingerprint density at radius 3 is 2.61 bits per heavy atom. The van der Waals surface area contributed by atoms with E-state index in [0.29, 0.717) is 13.0 Å². The maximum atomic E-state index is 12.2. The van der Waals surface area contributed by atoms with Gasteiger partial charge in [-0.1, -0.05) is 48.0 Å². The molecule has 2 heterocycles. The van der Waals surface area contributed by atoms with Gasteiger partial charge in [-0.05, 0) is 31.9 Å². The Balaban J connectivity index is 1.63. The van der Waals surface area contributed by atoms with Crippen molar-refractivity contribution in [3.63, 3.8) is 0 Å². The summed E-state index contributed by atoms with van der Waals surface area (Å²) < 4.78 is 5.78. The lowest BCUT2D eigenvalue weighted by Gasteiger charge is -2.39. The zero-order chi connectivity index (χ0) is 19.7. The first-order valence-corrected chi connectivity index (χ1v) is 9.86. The Hall–Kier alpha value is -2.41. The summed E-state index contributed by atoms with van der Waals surface area (Å²) in [6.07, 6.45) is 0.382. The fourth-order valence-electron chi connectivity index (χ4n) is 4.49. The minimum absolute atomic E-state index is 0.0534. The number of carboxylic acids is 1. The van der Waals surface area contributed by atoms with Crippen molar-refractivity contribution in [3.05, 3.63) is 65.2 Å². The van der Waals surface area contributed by atoms with Gasteiger partial charge in [-0.2, -0.15) is 0 Å². The molecule has 2 aromatic carbocycles. The van der Waals surface area contributed by atoms with Crippen LogP contribution in [-0.4, -0.2) is 23.8 Å². The molecule has 5 atom stereocenters. The second-order valence-electron chi connectivity index (χ2n) is 7.60. The Labute approximate surface area is 165 Å². The zero-order valence-corrected chi connectivity index (χ0v) is 16.2. The van der Waals surface area contributed by atoms with E-state index in [0.717, 1.165) is 16.9 Å². The lowest BCUT2D eigenvalue weighted by atomic mass is 9.74. The van der Waals surface area contributed by atoms with E-state index in [1.165, 1.54) is 5.56 Å². The molecule has 0 spiro atoms. The van der Waals surface area contributed by atoms with Crippen molar-refractivity contribution in [3.8, 4) is 5.75 Å². The number of aryl methyl sites for hydroxylation is 1. The third kappa shape index (κ3) is 3.51. The molecule has 0 saturated carbocycles. The molecule has 0 aliphatic carbocycles. The van der Waals surface area contributed by atoms with Gasteiger partial charge in [0.1, 0.15) is 5.75 Å². The van der Waals surface area contributed by atoms with Crippen LogP contribution in [0, 0.1) is 18.8 Å². The number of para-hydroxylation sites is 1. The summed E-state index contributed by atoms with van der Waals surface area (Å²) in [5.41, 5.74) is 9.92. The number of nitrogens with one attached hydrogen (secondary N) is 3. The number of carbonyl (C=O) groups is 1. The predicted molar refractivity (Wildman–Crippen MR) is 107 cm³/mol. The van der Waals surface area contributed by atoms with Gasteiger partial charge in [-0.3, -0.25) is 10.1 Å². The summed E-state index contributed by atoms with van der Waals surface area (Å²) in [5, 5.41) is 13.6. The third-order valence-corrected chi connectivity index (χ3v) is 5.85. The molecule has 148 valence electrons. The second kappa shape index (κ2) is 7.91. The molecular formula is C22H27N3O3. The Bertz CT molecular complexity index is 839. The Morgan fingerprint density at radius 1 is 1.14 bits per heavy atom. The van der Waals surface area contributed by atoms with Gasteiger partial charge in [0, 0.05) is 17.5 Å². The average molecular weight is 381 g/mol. The van der Waals surface area contributed by atoms with E-state index in [4.69, 9.17) is 4.74 Å². The van der Waals surface area contributed by atoms with Crippen LogP contribution in [0.2, 0.25) is 0 Å². The normalized spacial score (nSPS) is 29.3. The minimum Gasteiger partial charge on any atom is -0.494 e. The molecule has 2 aromatic rings. The largest absolute Gasteiger partial charge is 0.494 e. The SMILES string of the molecule is CCOc1ccccc1C1CC(C(=O)O)C2C(NNC2c2ccc(C)cc2)N1. The fourth-order valence-corrected chi connectivity index (χ4v) is 4.49. The molecule has 0 bridgehead atoms. The van der Waals surface area contributed by atoms with Crippen LogP contribution in [0.4, 0.5) is 0 Å². The number of fused-ring (bicyclic) bond motifs is 1. The van der Waals surface area contributed by atoms with Crippen LogP contribution in [0.15, 0.2) is 48.5 Å².